The minimum atomic E-state index is -0.507. The van der Waals surface area contributed by atoms with Crippen LogP contribution in [0.2, 0.25) is 0 Å². The topological polar surface area (TPSA) is 51.2 Å². The number of hydrogen-bond acceptors (Lipinski definition) is 4. The molecule has 0 amide bonds. The number of rotatable bonds is 2. The van der Waals surface area contributed by atoms with Crippen molar-refractivity contribution in [2.75, 3.05) is 13.2 Å². The molecule has 4 nitrogen and oxygen atoms in total. The highest BCUT2D eigenvalue weighted by Crippen LogP contribution is 2.42. The Bertz CT molecular complexity index is 216. The molecule has 2 heterocycles. The van der Waals surface area contributed by atoms with Crippen molar-refractivity contribution in [3.63, 3.8) is 0 Å². The Kier molecular flexibility index (Phi) is 1.93. The van der Waals surface area contributed by atoms with Crippen molar-refractivity contribution in [3.8, 4) is 0 Å². The number of ether oxygens (including phenoxy) is 3. The molecule has 2 fully saturated rings. The fourth-order valence-electron chi connectivity index (χ4n) is 1.72. The zero-order chi connectivity index (χ0) is 9.69. The van der Waals surface area contributed by atoms with E-state index in [0.29, 0.717) is 6.61 Å². The second-order valence-electron chi connectivity index (χ2n) is 4.38. The molecule has 0 unspecified atom stereocenters. The van der Waals surface area contributed by atoms with Crippen LogP contribution in [0.15, 0.2) is 0 Å². The summed E-state index contributed by atoms with van der Waals surface area (Å²) in [5.74, 6) is -0.507. The summed E-state index contributed by atoms with van der Waals surface area (Å²) < 4.78 is 16.4. The Morgan fingerprint density at radius 1 is 1.31 bits per heavy atom. The number of aliphatic hydroxyl groups excluding tert-OH is 1. The van der Waals surface area contributed by atoms with Crippen molar-refractivity contribution in [2.24, 2.45) is 0 Å². The van der Waals surface area contributed by atoms with Crippen LogP contribution in [0.3, 0.4) is 0 Å². The fourth-order valence-corrected chi connectivity index (χ4v) is 1.72. The van der Waals surface area contributed by atoms with Crippen LogP contribution in [0, 0.1) is 0 Å². The third-order valence-electron chi connectivity index (χ3n) is 2.62. The van der Waals surface area contributed by atoms with Gasteiger partial charge in [-0.1, -0.05) is 0 Å². The molecule has 1 N–H and O–H groups in total. The summed E-state index contributed by atoms with van der Waals surface area (Å²) in [4.78, 5) is 0. The van der Waals surface area contributed by atoms with E-state index in [1.54, 1.807) is 0 Å². The molecule has 0 bridgehead atoms. The van der Waals surface area contributed by atoms with Crippen molar-refractivity contribution in [3.05, 3.63) is 0 Å². The van der Waals surface area contributed by atoms with Gasteiger partial charge in [-0.05, 0) is 20.8 Å². The zero-order valence-electron chi connectivity index (χ0n) is 8.24. The van der Waals surface area contributed by atoms with Crippen LogP contribution in [0.4, 0.5) is 0 Å². The van der Waals surface area contributed by atoms with Gasteiger partial charge in [0.2, 0.25) is 0 Å². The van der Waals surface area contributed by atoms with Crippen molar-refractivity contribution >= 4 is 0 Å². The van der Waals surface area contributed by atoms with Gasteiger partial charge in [0.25, 0.3) is 0 Å². The first-order chi connectivity index (χ1) is 5.97. The second-order valence-corrected chi connectivity index (χ2v) is 4.38. The van der Waals surface area contributed by atoms with E-state index in [0.717, 1.165) is 0 Å². The van der Waals surface area contributed by atoms with E-state index in [4.69, 9.17) is 19.3 Å². The third-order valence-corrected chi connectivity index (χ3v) is 2.62. The SMILES string of the molecule is CC1(C)OC[C@@H]([C@H]2O[C@]2(C)CO)O1. The first-order valence-electron chi connectivity index (χ1n) is 4.57. The third kappa shape index (κ3) is 1.59. The molecule has 2 aliphatic heterocycles. The predicted octanol–water partition coefficient (Wildman–Crippen LogP) is 0.288. The van der Waals surface area contributed by atoms with E-state index in [-0.39, 0.29) is 18.8 Å². The Morgan fingerprint density at radius 3 is 2.38 bits per heavy atom. The van der Waals surface area contributed by atoms with Crippen LogP contribution in [-0.2, 0) is 14.2 Å². The molecule has 0 spiro atoms. The maximum atomic E-state index is 9.00. The summed E-state index contributed by atoms with van der Waals surface area (Å²) in [5.41, 5.74) is -0.408. The van der Waals surface area contributed by atoms with E-state index in [1.165, 1.54) is 0 Å². The van der Waals surface area contributed by atoms with Crippen molar-refractivity contribution in [2.45, 2.75) is 44.4 Å². The van der Waals surface area contributed by atoms with Crippen molar-refractivity contribution < 1.29 is 19.3 Å². The molecule has 4 heteroatoms. The number of epoxide rings is 1. The molecule has 0 aromatic carbocycles. The summed E-state index contributed by atoms with van der Waals surface area (Å²) in [6.45, 7) is 6.23. The molecule has 76 valence electrons. The summed E-state index contributed by atoms with van der Waals surface area (Å²) in [7, 11) is 0. The number of aliphatic hydroxyl groups is 1. The molecule has 2 aliphatic rings. The molecule has 0 aromatic heterocycles. The predicted molar refractivity (Wildman–Crippen MR) is 45.3 cm³/mol. The summed E-state index contributed by atoms with van der Waals surface area (Å²) in [6.07, 6.45) is -0.0496. The van der Waals surface area contributed by atoms with Gasteiger partial charge in [0, 0.05) is 0 Å². The highest BCUT2D eigenvalue weighted by Gasteiger charge is 2.59. The van der Waals surface area contributed by atoms with Gasteiger partial charge in [-0.2, -0.15) is 0 Å². The van der Waals surface area contributed by atoms with Crippen molar-refractivity contribution in [1.82, 2.24) is 0 Å². The van der Waals surface area contributed by atoms with Crippen LogP contribution in [0.1, 0.15) is 20.8 Å². The van der Waals surface area contributed by atoms with Gasteiger partial charge in [-0.3, -0.25) is 0 Å². The van der Waals surface area contributed by atoms with Gasteiger partial charge in [0.15, 0.2) is 5.79 Å². The Labute approximate surface area is 77.8 Å². The van der Waals surface area contributed by atoms with Gasteiger partial charge in [0.1, 0.15) is 17.8 Å². The fraction of sp³-hybridized carbons (Fsp3) is 1.00. The van der Waals surface area contributed by atoms with Crippen LogP contribution in [0.25, 0.3) is 0 Å². The molecule has 0 radical (unpaired) electrons. The first-order valence-corrected chi connectivity index (χ1v) is 4.57. The zero-order valence-corrected chi connectivity index (χ0v) is 8.24. The molecule has 3 atom stereocenters. The van der Waals surface area contributed by atoms with Gasteiger partial charge < -0.3 is 19.3 Å². The lowest BCUT2D eigenvalue weighted by Gasteiger charge is -2.16. The highest BCUT2D eigenvalue weighted by molar-refractivity contribution is 5.04. The lowest BCUT2D eigenvalue weighted by molar-refractivity contribution is -0.140. The van der Waals surface area contributed by atoms with Crippen LogP contribution < -0.4 is 0 Å². The summed E-state index contributed by atoms with van der Waals surface area (Å²) >= 11 is 0. The molecule has 2 rings (SSSR count). The molecular formula is C9H16O4. The smallest absolute Gasteiger partial charge is 0.163 e. The van der Waals surface area contributed by atoms with E-state index >= 15 is 0 Å². The van der Waals surface area contributed by atoms with Crippen LogP contribution in [-0.4, -0.2) is 41.9 Å². The van der Waals surface area contributed by atoms with E-state index in [2.05, 4.69) is 0 Å². The Hall–Kier alpha value is -0.160. The van der Waals surface area contributed by atoms with Gasteiger partial charge in [-0.15, -0.1) is 0 Å². The van der Waals surface area contributed by atoms with E-state index in [9.17, 15) is 0 Å². The molecule has 13 heavy (non-hydrogen) atoms. The standard InChI is InChI=1S/C9H16O4/c1-8(2)11-4-6(12-8)7-9(3,5-10)13-7/h6-7,10H,4-5H2,1-3H3/t6-,7+,9+/m0/s1. The normalized spacial score (nSPS) is 48.0. The van der Waals surface area contributed by atoms with Crippen LogP contribution in [0.5, 0.6) is 0 Å². The molecule has 0 saturated carbocycles. The Balaban J connectivity index is 1.93. The molecular weight excluding hydrogens is 172 g/mol. The molecule has 2 saturated heterocycles. The lowest BCUT2D eigenvalue weighted by atomic mass is 10.1. The monoisotopic (exact) mass is 188 g/mol. The first kappa shape index (κ1) is 9.40. The maximum absolute atomic E-state index is 9.00. The number of hydrogen-bond donors (Lipinski definition) is 1. The van der Waals surface area contributed by atoms with E-state index < -0.39 is 11.4 Å². The largest absolute Gasteiger partial charge is 0.393 e. The highest BCUT2D eigenvalue weighted by atomic mass is 16.8. The minimum absolute atomic E-state index is 0.0146. The average molecular weight is 188 g/mol. The van der Waals surface area contributed by atoms with Crippen LogP contribution >= 0.6 is 0 Å². The molecule has 0 aromatic rings. The van der Waals surface area contributed by atoms with Gasteiger partial charge in [-0.25, -0.2) is 0 Å². The average Bonchev–Trinajstić information content (AvgIpc) is 2.60. The minimum Gasteiger partial charge on any atom is -0.393 e. The second kappa shape index (κ2) is 2.67. The van der Waals surface area contributed by atoms with Gasteiger partial charge in [0.05, 0.1) is 13.2 Å². The van der Waals surface area contributed by atoms with Crippen molar-refractivity contribution in [1.29, 1.82) is 0 Å². The Morgan fingerprint density at radius 2 is 2.00 bits per heavy atom. The van der Waals surface area contributed by atoms with E-state index in [1.807, 2.05) is 20.8 Å². The molecule has 0 aliphatic carbocycles. The summed E-state index contributed by atoms with van der Waals surface area (Å²) in [6, 6.07) is 0. The maximum Gasteiger partial charge on any atom is 0.163 e. The van der Waals surface area contributed by atoms with Gasteiger partial charge >= 0.3 is 0 Å². The lowest BCUT2D eigenvalue weighted by Crippen LogP contribution is -2.29. The quantitative estimate of drug-likeness (QED) is 0.633. The summed E-state index contributed by atoms with van der Waals surface area (Å²) in [5, 5.41) is 9.00.